The Bertz CT molecular complexity index is 323. The average molecular weight is 245 g/mol. The summed E-state index contributed by atoms with van der Waals surface area (Å²) in [6, 6.07) is 4.93. The van der Waals surface area contributed by atoms with E-state index in [2.05, 4.69) is 15.9 Å². The third kappa shape index (κ3) is 2.54. The summed E-state index contributed by atoms with van der Waals surface area (Å²) >= 11 is 3.16. The molecule has 1 rings (SSSR count). The van der Waals surface area contributed by atoms with Crippen molar-refractivity contribution < 1.29 is 15.0 Å². The Morgan fingerprint density at radius 2 is 2.15 bits per heavy atom. The molecule has 0 atom stereocenters. The van der Waals surface area contributed by atoms with E-state index in [0.717, 1.165) is 5.56 Å². The van der Waals surface area contributed by atoms with Gasteiger partial charge in [0.1, 0.15) is 0 Å². The molecule has 0 heterocycles. The molecule has 0 aromatic heterocycles. The second-order valence-corrected chi connectivity index (χ2v) is 3.45. The number of aromatic carboxylic acids is 1. The van der Waals surface area contributed by atoms with Crippen LogP contribution >= 0.6 is 15.9 Å². The molecule has 0 aliphatic rings. The van der Waals surface area contributed by atoms with Crippen molar-refractivity contribution in [1.82, 2.24) is 0 Å². The molecule has 0 amide bonds. The van der Waals surface area contributed by atoms with Crippen molar-refractivity contribution in [1.29, 1.82) is 0 Å². The summed E-state index contributed by atoms with van der Waals surface area (Å²) in [5.74, 6) is -0.956. The van der Waals surface area contributed by atoms with Gasteiger partial charge in [-0.25, -0.2) is 4.79 Å². The van der Waals surface area contributed by atoms with Crippen LogP contribution in [0.25, 0.3) is 0 Å². The number of aliphatic hydroxyl groups is 1. The maximum Gasteiger partial charge on any atom is 0.336 e. The van der Waals surface area contributed by atoms with Gasteiger partial charge in [0.05, 0.1) is 5.56 Å². The number of carboxylic acid groups (broad SMARTS) is 1. The Labute approximate surface area is 84.1 Å². The number of rotatable bonds is 3. The molecule has 0 saturated heterocycles. The standard InChI is InChI=1S/C9H9BrO3/c10-8-5-6(3-4-11)1-2-7(8)9(12)13/h1-2,5,11H,3-4H2,(H,12,13). The molecule has 0 radical (unpaired) electrons. The molecule has 0 unspecified atom stereocenters. The molecule has 0 saturated carbocycles. The first-order chi connectivity index (χ1) is 6.15. The third-order valence-electron chi connectivity index (χ3n) is 1.66. The average Bonchev–Trinajstić information content (AvgIpc) is 2.04. The van der Waals surface area contributed by atoms with Gasteiger partial charge in [0.15, 0.2) is 0 Å². The van der Waals surface area contributed by atoms with Gasteiger partial charge in [-0.2, -0.15) is 0 Å². The van der Waals surface area contributed by atoms with Crippen molar-refractivity contribution >= 4 is 21.9 Å². The monoisotopic (exact) mass is 244 g/mol. The highest BCUT2D eigenvalue weighted by molar-refractivity contribution is 9.10. The second-order valence-electron chi connectivity index (χ2n) is 2.59. The fourth-order valence-electron chi connectivity index (χ4n) is 1.02. The molecule has 0 fully saturated rings. The van der Waals surface area contributed by atoms with Crippen molar-refractivity contribution in [2.75, 3.05) is 6.61 Å². The van der Waals surface area contributed by atoms with Crippen molar-refractivity contribution in [3.63, 3.8) is 0 Å². The van der Waals surface area contributed by atoms with E-state index in [-0.39, 0.29) is 12.2 Å². The fraction of sp³-hybridized carbons (Fsp3) is 0.222. The van der Waals surface area contributed by atoms with Crippen LogP contribution in [0.15, 0.2) is 22.7 Å². The van der Waals surface area contributed by atoms with Crippen LogP contribution in [-0.2, 0) is 6.42 Å². The van der Waals surface area contributed by atoms with Gasteiger partial charge < -0.3 is 10.2 Å². The lowest BCUT2D eigenvalue weighted by atomic mass is 10.1. The molecule has 13 heavy (non-hydrogen) atoms. The van der Waals surface area contributed by atoms with Gasteiger partial charge in [-0.3, -0.25) is 0 Å². The predicted molar refractivity (Wildman–Crippen MR) is 51.9 cm³/mol. The molecule has 0 spiro atoms. The maximum atomic E-state index is 10.6. The fourth-order valence-corrected chi connectivity index (χ4v) is 1.61. The number of benzene rings is 1. The number of aliphatic hydroxyl groups excluding tert-OH is 1. The van der Waals surface area contributed by atoms with Crippen LogP contribution in [0.2, 0.25) is 0 Å². The van der Waals surface area contributed by atoms with Crippen molar-refractivity contribution in [2.45, 2.75) is 6.42 Å². The first-order valence-electron chi connectivity index (χ1n) is 3.77. The Morgan fingerprint density at radius 3 is 2.62 bits per heavy atom. The molecule has 4 heteroatoms. The summed E-state index contributed by atoms with van der Waals surface area (Å²) in [5.41, 5.74) is 1.15. The van der Waals surface area contributed by atoms with Gasteiger partial charge in [-0.15, -0.1) is 0 Å². The molecule has 0 aliphatic carbocycles. The van der Waals surface area contributed by atoms with Crippen molar-refractivity contribution in [2.24, 2.45) is 0 Å². The summed E-state index contributed by atoms with van der Waals surface area (Å²) in [5, 5.41) is 17.4. The first-order valence-corrected chi connectivity index (χ1v) is 4.57. The molecule has 2 N–H and O–H groups in total. The van der Waals surface area contributed by atoms with Gasteiger partial charge in [-0.05, 0) is 40.0 Å². The van der Waals surface area contributed by atoms with Crippen LogP contribution in [0.1, 0.15) is 15.9 Å². The van der Waals surface area contributed by atoms with Gasteiger partial charge in [-0.1, -0.05) is 6.07 Å². The zero-order valence-electron chi connectivity index (χ0n) is 6.83. The molecule has 0 bridgehead atoms. The zero-order chi connectivity index (χ0) is 9.84. The Balaban J connectivity index is 2.98. The first kappa shape index (κ1) is 10.2. The van der Waals surface area contributed by atoms with Gasteiger partial charge in [0, 0.05) is 11.1 Å². The lowest BCUT2D eigenvalue weighted by molar-refractivity contribution is 0.0696. The normalized spacial score (nSPS) is 10.0. The molecule has 0 aliphatic heterocycles. The van der Waals surface area contributed by atoms with E-state index < -0.39 is 5.97 Å². The summed E-state index contributed by atoms with van der Waals surface area (Å²) < 4.78 is 0.547. The van der Waals surface area contributed by atoms with Gasteiger partial charge in [0.25, 0.3) is 0 Å². The minimum Gasteiger partial charge on any atom is -0.478 e. The van der Waals surface area contributed by atoms with Crippen LogP contribution in [-0.4, -0.2) is 22.8 Å². The van der Waals surface area contributed by atoms with Crippen molar-refractivity contribution in [3.8, 4) is 0 Å². The lowest BCUT2D eigenvalue weighted by Gasteiger charge is -2.02. The Hall–Kier alpha value is -0.870. The molecular weight excluding hydrogens is 236 g/mol. The van der Waals surface area contributed by atoms with Crippen molar-refractivity contribution in [3.05, 3.63) is 33.8 Å². The molecule has 1 aromatic rings. The second kappa shape index (κ2) is 4.39. The van der Waals surface area contributed by atoms with E-state index in [0.29, 0.717) is 10.9 Å². The lowest BCUT2D eigenvalue weighted by Crippen LogP contribution is -1.99. The van der Waals surface area contributed by atoms with E-state index in [1.165, 1.54) is 6.07 Å². The zero-order valence-corrected chi connectivity index (χ0v) is 8.41. The number of carbonyl (C=O) groups is 1. The Kier molecular flexibility index (Phi) is 3.45. The largest absolute Gasteiger partial charge is 0.478 e. The van der Waals surface area contributed by atoms with Crippen LogP contribution in [0, 0.1) is 0 Å². The van der Waals surface area contributed by atoms with E-state index in [1.54, 1.807) is 12.1 Å². The van der Waals surface area contributed by atoms with E-state index in [1.807, 2.05) is 0 Å². The summed E-state index contributed by atoms with van der Waals surface area (Å²) in [6.07, 6.45) is 0.540. The van der Waals surface area contributed by atoms with Crippen LogP contribution in [0.5, 0.6) is 0 Å². The van der Waals surface area contributed by atoms with Crippen LogP contribution < -0.4 is 0 Å². The molecule has 70 valence electrons. The number of hydrogen-bond donors (Lipinski definition) is 2. The molecule has 1 aromatic carbocycles. The van der Waals surface area contributed by atoms with E-state index >= 15 is 0 Å². The van der Waals surface area contributed by atoms with Gasteiger partial charge >= 0.3 is 5.97 Å². The SMILES string of the molecule is O=C(O)c1ccc(CCO)cc1Br. The quantitative estimate of drug-likeness (QED) is 0.851. The minimum absolute atomic E-state index is 0.0683. The number of halogens is 1. The Morgan fingerprint density at radius 1 is 1.46 bits per heavy atom. The topological polar surface area (TPSA) is 57.5 Å². The highest BCUT2D eigenvalue weighted by Crippen LogP contribution is 2.18. The minimum atomic E-state index is -0.956. The predicted octanol–water partition coefficient (Wildman–Crippen LogP) is 1.68. The van der Waals surface area contributed by atoms with Crippen LogP contribution in [0.4, 0.5) is 0 Å². The summed E-state index contributed by atoms with van der Waals surface area (Å²) in [6.45, 7) is 0.0683. The van der Waals surface area contributed by atoms with E-state index in [9.17, 15) is 4.79 Å². The highest BCUT2D eigenvalue weighted by Gasteiger charge is 2.07. The van der Waals surface area contributed by atoms with E-state index in [4.69, 9.17) is 10.2 Å². The maximum absolute atomic E-state index is 10.6. The number of hydrogen-bond acceptors (Lipinski definition) is 2. The summed E-state index contributed by atoms with van der Waals surface area (Å²) in [7, 11) is 0. The third-order valence-corrected chi connectivity index (χ3v) is 2.32. The summed E-state index contributed by atoms with van der Waals surface area (Å²) in [4.78, 5) is 10.6. The molecular formula is C9H9BrO3. The molecule has 3 nitrogen and oxygen atoms in total. The van der Waals surface area contributed by atoms with Crippen LogP contribution in [0.3, 0.4) is 0 Å². The highest BCUT2D eigenvalue weighted by atomic mass is 79.9. The number of carboxylic acids is 1. The smallest absolute Gasteiger partial charge is 0.336 e. The van der Waals surface area contributed by atoms with Gasteiger partial charge in [0.2, 0.25) is 0 Å².